The number of carbonyl (C=O) groups excluding carboxylic acids is 3. The molecule has 1 heterocycles. The maximum atomic E-state index is 12.4. The summed E-state index contributed by atoms with van der Waals surface area (Å²) in [5, 5.41) is 0. The van der Waals surface area contributed by atoms with Gasteiger partial charge in [-0.1, -0.05) is 37.3 Å². The van der Waals surface area contributed by atoms with Crippen LogP contribution in [0.2, 0.25) is 0 Å². The molecule has 0 saturated carbocycles. The van der Waals surface area contributed by atoms with Crippen molar-refractivity contribution in [3.8, 4) is 0 Å². The second-order valence-electron chi connectivity index (χ2n) is 7.39. The third-order valence-corrected chi connectivity index (χ3v) is 3.85. The zero-order valence-electron chi connectivity index (χ0n) is 15.2. The van der Waals surface area contributed by atoms with Gasteiger partial charge in [0.1, 0.15) is 11.6 Å². The maximum Gasteiger partial charge on any atom is 0.411 e. The summed E-state index contributed by atoms with van der Waals surface area (Å²) < 4.78 is 10.5. The van der Waals surface area contributed by atoms with Gasteiger partial charge in [-0.15, -0.1) is 0 Å². The fourth-order valence-electron chi connectivity index (χ4n) is 2.73. The monoisotopic (exact) mass is 347 g/mol. The lowest BCUT2D eigenvalue weighted by atomic mass is 10.1. The number of carbonyl (C=O) groups is 3. The van der Waals surface area contributed by atoms with E-state index < -0.39 is 23.7 Å². The first-order chi connectivity index (χ1) is 11.7. The van der Waals surface area contributed by atoms with Crippen LogP contribution < -0.4 is 0 Å². The highest BCUT2D eigenvalue weighted by molar-refractivity contribution is 5.98. The van der Waals surface area contributed by atoms with Crippen LogP contribution in [0.5, 0.6) is 0 Å². The Bertz CT molecular complexity index is 635. The molecule has 0 N–H and O–H groups in total. The van der Waals surface area contributed by atoms with E-state index in [1.807, 2.05) is 6.92 Å². The van der Waals surface area contributed by atoms with Crippen LogP contribution in [0.1, 0.15) is 44.5 Å². The van der Waals surface area contributed by atoms with E-state index in [9.17, 15) is 14.4 Å². The maximum absolute atomic E-state index is 12.4. The molecule has 25 heavy (non-hydrogen) atoms. The predicted molar refractivity (Wildman–Crippen MR) is 92.2 cm³/mol. The predicted octanol–water partition coefficient (Wildman–Crippen LogP) is 3.06. The Kier molecular flexibility index (Phi) is 5.82. The van der Waals surface area contributed by atoms with Gasteiger partial charge in [-0.2, -0.15) is 0 Å². The number of likely N-dealkylation sites (tertiary alicyclic amines) is 1. The van der Waals surface area contributed by atoms with Gasteiger partial charge in [0.25, 0.3) is 0 Å². The minimum absolute atomic E-state index is 0.162. The van der Waals surface area contributed by atoms with E-state index in [1.54, 1.807) is 51.1 Å². The number of hydrogen-bond acceptors (Lipinski definition) is 5. The lowest BCUT2D eigenvalue weighted by Crippen LogP contribution is -2.44. The SMILES string of the molecule is CC1CC(C(=O)OCC(=O)c2ccccc2)N(C(=O)OC(C)(C)C)C1. The van der Waals surface area contributed by atoms with Crippen LogP contribution in [0, 0.1) is 5.92 Å². The lowest BCUT2D eigenvalue weighted by Gasteiger charge is -2.27. The van der Waals surface area contributed by atoms with Crippen LogP contribution in [-0.4, -0.2) is 47.5 Å². The number of hydrogen-bond donors (Lipinski definition) is 0. The van der Waals surface area contributed by atoms with Gasteiger partial charge in [0.05, 0.1) is 0 Å². The molecule has 0 bridgehead atoms. The molecule has 2 rings (SSSR count). The Morgan fingerprint density at radius 1 is 1.16 bits per heavy atom. The summed E-state index contributed by atoms with van der Waals surface area (Å²) in [5.74, 6) is -0.682. The normalized spacial score (nSPS) is 20.2. The number of nitrogens with zero attached hydrogens (tertiary/aromatic N) is 1. The second kappa shape index (κ2) is 7.68. The van der Waals surface area contributed by atoms with Crippen molar-refractivity contribution in [2.45, 2.75) is 45.8 Å². The molecule has 1 fully saturated rings. The zero-order valence-corrected chi connectivity index (χ0v) is 15.2. The zero-order chi connectivity index (χ0) is 18.6. The Labute approximate surface area is 148 Å². The molecule has 6 heteroatoms. The molecule has 1 aromatic carbocycles. The van der Waals surface area contributed by atoms with Crippen molar-refractivity contribution < 1.29 is 23.9 Å². The Morgan fingerprint density at radius 3 is 2.40 bits per heavy atom. The van der Waals surface area contributed by atoms with Gasteiger partial charge in [-0.05, 0) is 33.1 Å². The average Bonchev–Trinajstić information content (AvgIpc) is 2.93. The van der Waals surface area contributed by atoms with Crippen LogP contribution in [0.3, 0.4) is 0 Å². The standard InChI is InChI=1S/C19H25NO5/c1-13-10-15(20(11-13)18(23)25-19(2,3)4)17(22)24-12-16(21)14-8-6-5-7-9-14/h5-9,13,15H,10-12H2,1-4H3. The lowest BCUT2D eigenvalue weighted by molar-refractivity contribution is -0.147. The molecule has 1 aliphatic rings. The van der Waals surface area contributed by atoms with Crippen LogP contribution >= 0.6 is 0 Å². The highest BCUT2D eigenvalue weighted by Gasteiger charge is 2.41. The molecule has 0 aliphatic carbocycles. The number of Topliss-reactive ketones (excluding diaryl/α,β-unsaturated/α-hetero) is 1. The van der Waals surface area contributed by atoms with Crippen molar-refractivity contribution >= 4 is 17.8 Å². The van der Waals surface area contributed by atoms with E-state index in [4.69, 9.17) is 9.47 Å². The summed E-state index contributed by atoms with van der Waals surface area (Å²) in [6.45, 7) is 7.37. The van der Waals surface area contributed by atoms with Crippen molar-refractivity contribution in [3.05, 3.63) is 35.9 Å². The van der Waals surface area contributed by atoms with Gasteiger partial charge in [0, 0.05) is 12.1 Å². The smallest absolute Gasteiger partial charge is 0.411 e. The minimum atomic E-state index is -0.714. The van der Waals surface area contributed by atoms with E-state index in [0.29, 0.717) is 18.5 Å². The number of ether oxygens (including phenoxy) is 2. The number of rotatable bonds is 4. The molecule has 0 aromatic heterocycles. The van der Waals surface area contributed by atoms with Crippen LogP contribution in [-0.2, 0) is 14.3 Å². The molecule has 1 aromatic rings. The Balaban J connectivity index is 1.96. The van der Waals surface area contributed by atoms with Crippen LogP contribution in [0.4, 0.5) is 4.79 Å². The van der Waals surface area contributed by atoms with E-state index >= 15 is 0 Å². The first-order valence-corrected chi connectivity index (χ1v) is 8.42. The first-order valence-electron chi connectivity index (χ1n) is 8.42. The number of ketones is 1. The average molecular weight is 347 g/mol. The third-order valence-electron chi connectivity index (χ3n) is 3.85. The summed E-state index contributed by atoms with van der Waals surface area (Å²) in [6.07, 6.45) is -0.0365. The molecule has 1 amide bonds. The Morgan fingerprint density at radius 2 is 1.80 bits per heavy atom. The second-order valence-corrected chi connectivity index (χ2v) is 7.39. The van der Waals surface area contributed by atoms with E-state index in [1.165, 1.54) is 4.90 Å². The van der Waals surface area contributed by atoms with Gasteiger partial charge in [-0.3, -0.25) is 9.69 Å². The quantitative estimate of drug-likeness (QED) is 0.618. The molecule has 2 unspecified atom stereocenters. The number of amides is 1. The molecule has 136 valence electrons. The molecule has 0 spiro atoms. The topological polar surface area (TPSA) is 72.9 Å². The summed E-state index contributed by atoms with van der Waals surface area (Å²) in [5.41, 5.74) is -0.153. The highest BCUT2D eigenvalue weighted by Crippen LogP contribution is 2.26. The van der Waals surface area contributed by atoms with Gasteiger partial charge in [0.2, 0.25) is 0 Å². The largest absolute Gasteiger partial charge is 0.456 e. The van der Waals surface area contributed by atoms with E-state index in [-0.39, 0.29) is 18.3 Å². The van der Waals surface area contributed by atoms with Crippen LogP contribution in [0.25, 0.3) is 0 Å². The molecule has 6 nitrogen and oxygen atoms in total. The molecule has 0 radical (unpaired) electrons. The molecule has 1 aliphatic heterocycles. The minimum Gasteiger partial charge on any atom is -0.456 e. The highest BCUT2D eigenvalue weighted by atomic mass is 16.6. The summed E-state index contributed by atoms with van der Waals surface area (Å²) in [7, 11) is 0. The van der Waals surface area contributed by atoms with E-state index in [2.05, 4.69) is 0 Å². The molecule has 2 atom stereocenters. The van der Waals surface area contributed by atoms with Gasteiger partial charge < -0.3 is 9.47 Å². The number of benzene rings is 1. The van der Waals surface area contributed by atoms with Crippen molar-refractivity contribution in [2.24, 2.45) is 5.92 Å². The van der Waals surface area contributed by atoms with E-state index in [0.717, 1.165) is 0 Å². The van der Waals surface area contributed by atoms with Crippen molar-refractivity contribution in [1.29, 1.82) is 0 Å². The Hall–Kier alpha value is -2.37. The first kappa shape index (κ1) is 19.0. The van der Waals surface area contributed by atoms with Crippen LogP contribution in [0.15, 0.2) is 30.3 Å². The summed E-state index contributed by atoms with van der Waals surface area (Å²) in [6, 6.07) is 7.92. The van der Waals surface area contributed by atoms with Gasteiger partial charge in [-0.25, -0.2) is 9.59 Å². The fourth-order valence-corrected chi connectivity index (χ4v) is 2.73. The van der Waals surface area contributed by atoms with Crippen molar-refractivity contribution in [1.82, 2.24) is 4.90 Å². The summed E-state index contributed by atoms with van der Waals surface area (Å²) in [4.78, 5) is 38.1. The number of esters is 1. The van der Waals surface area contributed by atoms with Crippen molar-refractivity contribution in [2.75, 3.05) is 13.2 Å². The van der Waals surface area contributed by atoms with Gasteiger partial charge in [0.15, 0.2) is 12.4 Å². The molecular formula is C19H25NO5. The van der Waals surface area contributed by atoms with Crippen molar-refractivity contribution in [3.63, 3.8) is 0 Å². The molecular weight excluding hydrogens is 322 g/mol. The van der Waals surface area contributed by atoms with Gasteiger partial charge >= 0.3 is 12.1 Å². The molecule has 1 saturated heterocycles. The summed E-state index contributed by atoms with van der Waals surface area (Å²) >= 11 is 0. The fraction of sp³-hybridized carbons (Fsp3) is 0.526. The third kappa shape index (κ3) is 5.31.